The molecular weight excluding hydrogens is 814 g/mol. The lowest BCUT2D eigenvalue weighted by Crippen LogP contribution is -2.61. The molecule has 3 aliphatic heterocycles. The Labute approximate surface area is 361 Å². The molecule has 0 saturated carbocycles. The number of alkyl halides is 1. The summed E-state index contributed by atoms with van der Waals surface area (Å²) in [5.41, 5.74) is -4.88. The van der Waals surface area contributed by atoms with Gasteiger partial charge in [0, 0.05) is 53.9 Å². The van der Waals surface area contributed by atoms with Gasteiger partial charge in [0.1, 0.15) is 35.1 Å². The molecule has 5 rings (SSSR count). The maximum absolute atomic E-state index is 16.9. The summed E-state index contributed by atoms with van der Waals surface area (Å²) in [5, 5.41) is 31.1. The molecule has 0 spiro atoms. The minimum absolute atomic E-state index is 0.00559. The van der Waals surface area contributed by atoms with Crippen molar-refractivity contribution in [3.63, 3.8) is 0 Å². The molecule has 3 aliphatic rings. The molecule has 2 bridgehead atoms. The number of aliphatic imine (C=N–C) groups is 1. The molecule has 2 aromatic rings. The van der Waals surface area contributed by atoms with E-state index in [1.807, 2.05) is 50.4 Å². The number of carbonyl (C=O) groups excluding carboxylic acids is 3. The van der Waals surface area contributed by atoms with Crippen molar-refractivity contribution in [2.45, 2.75) is 148 Å². The second-order valence-electron chi connectivity index (χ2n) is 17.4. The zero-order valence-electron chi connectivity index (χ0n) is 37.0. The molecular formula is C43H62FN5O11S. The number of esters is 1. The first-order chi connectivity index (χ1) is 28.6. The van der Waals surface area contributed by atoms with E-state index in [1.165, 1.54) is 32.1 Å². The first-order valence-electron chi connectivity index (χ1n) is 20.8. The van der Waals surface area contributed by atoms with Crippen molar-refractivity contribution in [2.75, 3.05) is 27.3 Å². The van der Waals surface area contributed by atoms with Crippen LogP contribution in [0.3, 0.4) is 0 Å². The SMILES string of the molecule is CC[C@H]1OC(=O)[C@@](C)(F)C(=O)[C@H](C)[C@@H](O[C@@H]2O[C@H](C)C[C@H](N(C)C)[C@H]2O)[C@@]2(C)C[C@@H](C)C(=NC(C)=O)[C@H](C)[C@@H](OC/C(=N\OCc3ccc(-c4nccs4)nc3)CO2)[C@]1(C)O. The Morgan fingerprint density at radius 3 is 2.43 bits per heavy atom. The first kappa shape index (κ1) is 48.4. The molecule has 13 atom stereocenters. The number of amides is 1. The number of rotatable bonds is 8. The Morgan fingerprint density at radius 1 is 1.10 bits per heavy atom. The number of pyridine rings is 1. The fraction of sp³-hybridized carbons (Fsp3) is 0.698. The van der Waals surface area contributed by atoms with E-state index < -0.39 is 89.0 Å². The summed E-state index contributed by atoms with van der Waals surface area (Å²) in [6.07, 6.45) is -3.11. The van der Waals surface area contributed by atoms with Gasteiger partial charge in [-0.25, -0.2) is 19.2 Å². The van der Waals surface area contributed by atoms with Crippen LogP contribution in [-0.2, 0) is 49.5 Å². The van der Waals surface area contributed by atoms with Crippen molar-refractivity contribution in [3.05, 3.63) is 35.5 Å². The molecule has 0 aromatic carbocycles. The Balaban J connectivity index is 1.65. The Kier molecular flexibility index (Phi) is 15.7. The summed E-state index contributed by atoms with van der Waals surface area (Å²) in [5.74, 6) is -6.09. The number of oxime groups is 1. The Morgan fingerprint density at radius 2 is 1.82 bits per heavy atom. The van der Waals surface area contributed by atoms with Crippen LogP contribution in [0.15, 0.2) is 40.1 Å². The number of fused-ring (bicyclic) bond motifs is 5. The van der Waals surface area contributed by atoms with E-state index in [-0.39, 0.29) is 44.5 Å². The number of aliphatic hydroxyl groups excluding tert-OH is 1. The van der Waals surface area contributed by atoms with Gasteiger partial charge in [-0.15, -0.1) is 11.3 Å². The number of hydrogen-bond donors (Lipinski definition) is 2. The van der Waals surface area contributed by atoms with Crippen molar-refractivity contribution in [2.24, 2.45) is 27.9 Å². The molecule has 5 heterocycles. The molecule has 61 heavy (non-hydrogen) atoms. The molecule has 0 aliphatic carbocycles. The number of aliphatic hydroxyl groups is 2. The molecule has 16 nitrogen and oxygen atoms in total. The lowest BCUT2D eigenvalue weighted by atomic mass is 9.73. The van der Waals surface area contributed by atoms with Crippen LogP contribution in [0.5, 0.6) is 0 Å². The largest absolute Gasteiger partial charge is 0.457 e. The number of aromatic nitrogens is 2. The number of nitrogens with zero attached hydrogens (tertiary/aromatic N) is 5. The van der Waals surface area contributed by atoms with Gasteiger partial charge in [-0.1, -0.05) is 38.9 Å². The minimum Gasteiger partial charge on any atom is -0.457 e. The fourth-order valence-corrected chi connectivity index (χ4v) is 9.41. The number of hydrogen-bond acceptors (Lipinski definition) is 16. The lowest BCUT2D eigenvalue weighted by molar-refractivity contribution is -0.296. The second kappa shape index (κ2) is 19.8. The zero-order valence-corrected chi connectivity index (χ0v) is 37.8. The number of carbonyl (C=O) groups is 3. The van der Waals surface area contributed by atoms with Crippen molar-refractivity contribution < 1.29 is 57.5 Å². The molecule has 2 N–H and O–H groups in total. The minimum atomic E-state index is -3.22. The standard InChI is InChI=1S/C43H62FN5O11S/c1-12-32-43(9,54)37-25(4)33(47-27(6)50)23(2)18-41(7,56-22-29(21-55-37)48-57-20-28-13-14-30(46-19-28)38-45-15-16-61-38)36(26(5)35(52)42(8,44)40(53)59-32)60-39-34(51)31(49(10)11)17-24(3)58-39/h13-16,19,23-26,31-32,34,36-37,39,51,54H,12,17-18,20-22H2,1-11H3/b47-33?,48-29+/t23-,24-,25+,26+,31+,32-,34-,36-,37-,39+,41-,42+,43-/m1/s1. The normalized spacial score (nSPS) is 38.4. The van der Waals surface area contributed by atoms with E-state index in [1.54, 1.807) is 33.2 Å². The Hall–Kier alpha value is -3.62. The quantitative estimate of drug-likeness (QED) is 0.210. The fourth-order valence-electron chi connectivity index (χ4n) is 8.79. The van der Waals surface area contributed by atoms with E-state index in [4.69, 9.17) is 28.5 Å². The predicted octanol–water partition coefficient (Wildman–Crippen LogP) is 4.73. The molecule has 3 saturated heterocycles. The second-order valence-corrected chi connectivity index (χ2v) is 18.3. The van der Waals surface area contributed by atoms with Crippen LogP contribution in [-0.4, -0.2) is 141 Å². The number of Topliss-reactive ketones (excluding diaryl/α,β-unsaturated/α-hetero) is 1. The van der Waals surface area contributed by atoms with Crippen LogP contribution >= 0.6 is 11.3 Å². The number of ketones is 1. The average molecular weight is 876 g/mol. The third-order valence-electron chi connectivity index (χ3n) is 12.0. The van der Waals surface area contributed by atoms with E-state index in [0.29, 0.717) is 23.4 Å². The Bertz CT molecular complexity index is 1890. The summed E-state index contributed by atoms with van der Waals surface area (Å²) in [7, 11) is 3.63. The molecule has 3 fully saturated rings. The van der Waals surface area contributed by atoms with Gasteiger partial charge in [-0.05, 0) is 73.0 Å². The van der Waals surface area contributed by atoms with Gasteiger partial charge in [0.15, 0.2) is 12.1 Å². The van der Waals surface area contributed by atoms with Gasteiger partial charge in [-0.3, -0.25) is 14.6 Å². The van der Waals surface area contributed by atoms with Crippen LogP contribution in [0.1, 0.15) is 87.1 Å². The van der Waals surface area contributed by atoms with E-state index >= 15 is 4.39 Å². The molecule has 0 radical (unpaired) electrons. The highest BCUT2D eigenvalue weighted by Gasteiger charge is 2.56. The van der Waals surface area contributed by atoms with Gasteiger partial charge in [0.25, 0.3) is 5.67 Å². The van der Waals surface area contributed by atoms with Gasteiger partial charge < -0.3 is 43.6 Å². The lowest BCUT2D eigenvalue weighted by Gasteiger charge is -2.47. The van der Waals surface area contributed by atoms with E-state index in [9.17, 15) is 24.6 Å². The molecule has 338 valence electrons. The third kappa shape index (κ3) is 11.0. The highest BCUT2D eigenvalue weighted by atomic mass is 32.1. The van der Waals surface area contributed by atoms with Crippen molar-refractivity contribution in [1.82, 2.24) is 14.9 Å². The zero-order chi connectivity index (χ0) is 45.0. The van der Waals surface area contributed by atoms with Crippen molar-refractivity contribution in [1.29, 1.82) is 0 Å². The van der Waals surface area contributed by atoms with E-state index in [0.717, 1.165) is 11.9 Å². The summed E-state index contributed by atoms with van der Waals surface area (Å²) in [6, 6.07) is 3.26. The predicted molar refractivity (Wildman–Crippen MR) is 225 cm³/mol. The number of halogens is 1. The average Bonchev–Trinajstić information content (AvgIpc) is 3.74. The maximum atomic E-state index is 16.9. The number of thiazole rings is 1. The monoisotopic (exact) mass is 875 g/mol. The maximum Gasteiger partial charge on any atom is 0.351 e. The van der Waals surface area contributed by atoms with Crippen molar-refractivity contribution in [3.8, 4) is 10.7 Å². The number of cyclic esters (lactones) is 1. The highest BCUT2D eigenvalue weighted by molar-refractivity contribution is 7.13. The van der Waals surface area contributed by atoms with Crippen LogP contribution in [0, 0.1) is 17.8 Å². The summed E-state index contributed by atoms with van der Waals surface area (Å²) in [6.45, 7) is 13.1. The molecule has 2 aromatic heterocycles. The van der Waals surface area contributed by atoms with Crippen LogP contribution in [0.4, 0.5) is 4.39 Å². The number of ether oxygens (including phenoxy) is 5. The van der Waals surface area contributed by atoms with Gasteiger partial charge in [-0.2, -0.15) is 0 Å². The third-order valence-corrected chi connectivity index (χ3v) is 12.8. The van der Waals surface area contributed by atoms with Crippen molar-refractivity contribution >= 4 is 40.4 Å². The van der Waals surface area contributed by atoms with Gasteiger partial charge in [0.05, 0.1) is 42.8 Å². The van der Waals surface area contributed by atoms with Crippen LogP contribution in [0.25, 0.3) is 10.7 Å². The summed E-state index contributed by atoms with van der Waals surface area (Å²) >= 11 is 1.47. The number of likely N-dealkylation sites (N-methyl/N-ethyl adjacent to an activating group) is 1. The molecule has 1 amide bonds. The topological polar surface area (TPSA) is 201 Å². The first-order valence-corrected chi connectivity index (χ1v) is 21.7. The molecule has 0 unspecified atom stereocenters. The highest BCUT2D eigenvalue weighted by Crippen LogP contribution is 2.41. The molecule has 18 heteroatoms. The van der Waals surface area contributed by atoms with Crippen LogP contribution < -0.4 is 0 Å². The van der Waals surface area contributed by atoms with Gasteiger partial charge in [0.2, 0.25) is 5.91 Å². The van der Waals surface area contributed by atoms with E-state index in [2.05, 4.69) is 20.1 Å². The summed E-state index contributed by atoms with van der Waals surface area (Å²) in [4.78, 5) is 62.0. The van der Waals surface area contributed by atoms with Crippen LogP contribution in [0.2, 0.25) is 0 Å². The summed E-state index contributed by atoms with van der Waals surface area (Å²) < 4.78 is 48.8. The smallest absolute Gasteiger partial charge is 0.351 e. The van der Waals surface area contributed by atoms with Gasteiger partial charge >= 0.3 is 5.97 Å².